The molecule has 0 saturated carbocycles. The van der Waals surface area contributed by atoms with Crippen molar-refractivity contribution in [1.29, 1.82) is 0 Å². The number of methoxy groups -OCH3 is 1. The molecule has 1 saturated heterocycles. The highest BCUT2D eigenvalue weighted by atomic mass is 16.5. The summed E-state index contributed by atoms with van der Waals surface area (Å²) in [6.45, 7) is 9.76. The molecule has 0 aromatic heterocycles. The number of nitrogens with zero attached hydrogens (tertiary/aromatic N) is 1. The molecule has 0 bridgehead atoms. The lowest BCUT2D eigenvalue weighted by molar-refractivity contribution is 0.0683. The number of ether oxygens (including phenoxy) is 3. The first kappa shape index (κ1) is 17.1. The molecule has 0 radical (unpaired) electrons. The van der Waals surface area contributed by atoms with Crippen LogP contribution < -0.4 is 9.47 Å². The Kier molecular flexibility index (Phi) is 7.00. The molecule has 1 atom stereocenters. The monoisotopic (exact) mass is 307 g/mol. The van der Waals surface area contributed by atoms with Gasteiger partial charge >= 0.3 is 0 Å². The first-order valence-electron chi connectivity index (χ1n) is 8.26. The van der Waals surface area contributed by atoms with Gasteiger partial charge in [-0.1, -0.05) is 13.0 Å². The van der Waals surface area contributed by atoms with Gasteiger partial charge in [0.15, 0.2) is 11.5 Å². The molecule has 4 heteroatoms. The van der Waals surface area contributed by atoms with Crippen molar-refractivity contribution < 1.29 is 14.2 Å². The van der Waals surface area contributed by atoms with Crippen LogP contribution in [-0.4, -0.2) is 51.5 Å². The molecule has 0 unspecified atom stereocenters. The molecular formula is C18H29NO3. The average Bonchev–Trinajstić information content (AvgIpc) is 2.52. The second kappa shape index (κ2) is 9.01. The maximum Gasteiger partial charge on any atom is 0.161 e. The predicted molar refractivity (Wildman–Crippen MR) is 88.9 cm³/mol. The molecule has 1 aliphatic rings. The van der Waals surface area contributed by atoms with E-state index in [0.29, 0.717) is 13.2 Å². The van der Waals surface area contributed by atoms with E-state index in [0.717, 1.165) is 36.1 Å². The van der Waals surface area contributed by atoms with E-state index in [1.54, 1.807) is 7.11 Å². The van der Waals surface area contributed by atoms with Gasteiger partial charge in [-0.05, 0) is 49.9 Å². The smallest absolute Gasteiger partial charge is 0.161 e. The SMILES string of the molecule is COc1cc(C)ccc1OCCOCCN1CCC[C@H](C)C1. The summed E-state index contributed by atoms with van der Waals surface area (Å²) in [6.07, 6.45) is 2.68. The van der Waals surface area contributed by atoms with Crippen molar-refractivity contribution in [1.82, 2.24) is 4.90 Å². The Bertz CT molecular complexity index is 450. The van der Waals surface area contributed by atoms with Crippen molar-refractivity contribution in [2.75, 3.05) is 46.6 Å². The van der Waals surface area contributed by atoms with Crippen LogP contribution in [0.3, 0.4) is 0 Å². The average molecular weight is 307 g/mol. The van der Waals surface area contributed by atoms with Crippen LogP contribution in [0.4, 0.5) is 0 Å². The highest BCUT2D eigenvalue weighted by Crippen LogP contribution is 2.27. The molecule has 0 amide bonds. The molecular weight excluding hydrogens is 278 g/mol. The van der Waals surface area contributed by atoms with Crippen LogP contribution in [0.25, 0.3) is 0 Å². The van der Waals surface area contributed by atoms with Crippen molar-refractivity contribution >= 4 is 0 Å². The van der Waals surface area contributed by atoms with Crippen molar-refractivity contribution in [2.45, 2.75) is 26.7 Å². The van der Waals surface area contributed by atoms with Crippen molar-refractivity contribution in [3.05, 3.63) is 23.8 Å². The zero-order chi connectivity index (χ0) is 15.8. The standard InChI is InChI=1S/C18H29NO3/c1-15-6-7-17(18(13-15)20-3)22-12-11-21-10-9-19-8-4-5-16(2)14-19/h6-7,13,16H,4-5,8-12,14H2,1-3H3/t16-/m0/s1. The molecule has 1 fully saturated rings. The van der Waals surface area contributed by atoms with Crippen LogP contribution in [0.2, 0.25) is 0 Å². The fourth-order valence-electron chi connectivity index (χ4n) is 2.89. The fourth-order valence-corrected chi connectivity index (χ4v) is 2.89. The number of likely N-dealkylation sites (tertiary alicyclic amines) is 1. The Balaban J connectivity index is 1.59. The van der Waals surface area contributed by atoms with E-state index in [4.69, 9.17) is 14.2 Å². The van der Waals surface area contributed by atoms with E-state index < -0.39 is 0 Å². The molecule has 1 aromatic rings. The number of hydrogen-bond donors (Lipinski definition) is 0. The molecule has 1 heterocycles. The summed E-state index contributed by atoms with van der Waals surface area (Å²) in [5.74, 6) is 2.38. The summed E-state index contributed by atoms with van der Waals surface area (Å²) in [5, 5.41) is 0. The minimum Gasteiger partial charge on any atom is -0.493 e. The third-order valence-electron chi connectivity index (χ3n) is 4.10. The van der Waals surface area contributed by atoms with E-state index in [-0.39, 0.29) is 0 Å². The summed E-state index contributed by atoms with van der Waals surface area (Å²) in [7, 11) is 1.66. The van der Waals surface area contributed by atoms with Gasteiger partial charge in [0.2, 0.25) is 0 Å². The Labute approximate surface area is 134 Å². The molecule has 124 valence electrons. The van der Waals surface area contributed by atoms with Crippen molar-refractivity contribution in [3.63, 3.8) is 0 Å². The van der Waals surface area contributed by atoms with Crippen LogP contribution in [0.15, 0.2) is 18.2 Å². The van der Waals surface area contributed by atoms with E-state index in [1.807, 2.05) is 25.1 Å². The lowest BCUT2D eigenvalue weighted by Gasteiger charge is -2.30. The van der Waals surface area contributed by atoms with Crippen LogP contribution in [0, 0.1) is 12.8 Å². The van der Waals surface area contributed by atoms with Gasteiger partial charge in [0.1, 0.15) is 6.61 Å². The topological polar surface area (TPSA) is 30.9 Å². The Morgan fingerprint density at radius 2 is 2.05 bits per heavy atom. The Morgan fingerprint density at radius 1 is 1.18 bits per heavy atom. The van der Waals surface area contributed by atoms with Gasteiger partial charge in [-0.2, -0.15) is 0 Å². The Hall–Kier alpha value is -1.26. The summed E-state index contributed by atoms with van der Waals surface area (Å²) < 4.78 is 16.7. The minimum absolute atomic E-state index is 0.551. The zero-order valence-electron chi connectivity index (χ0n) is 14.1. The van der Waals surface area contributed by atoms with Crippen molar-refractivity contribution in [3.8, 4) is 11.5 Å². The zero-order valence-corrected chi connectivity index (χ0v) is 14.1. The van der Waals surface area contributed by atoms with E-state index in [2.05, 4.69) is 11.8 Å². The van der Waals surface area contributed by atoms with Gasteiger partial charge in [-0.25, -0.2) is 0 Å². The lowest BCUT2D eigenvalue weighted by atomic mass is 10.0. The first-order chi connectivity index (χ1) is 10.7. The lowest BCUT2D eigenvalue weighted by Crippen LogP contribution is -2.36. The predicted octanol–water partition coefficient (Wildman–Crippen LogP) is 3.13. The summed E-state index contributed by atoms with van der Waals surface area (Å²) in [4.78, 5) is 2.50. The van der Waals surface area contributed by atoms with Crippen LogP contribution in [-0.2, 0) is 4.74 Å². The molecule has 2 rings (SSSR count). The van der Waals surface area contributed by atoms with Crippen LogP contribution >= 0.6 is 0 Å². The number of hydrogen-bond acceptors (Lipinski definition) is 4. The van der Waals surface area contributed by atoms with Gasteiger partial charge in [0.25, 0.3) is 0 Å². The van der Waals surface area contributed by atoms with Crippen LogP contribution in [0.5, 0.6) is 11.5 Å². The highest BCUT2D eigenvalue weighted by molar-refractivity contribution is 5.42. The quantitative estimate of drug-likeness (QED) is 0.691. The number of aryl methyl sites for hydroxylation is 1. The minimum atomic E-state index is 0.551. The maximum absolute atomic E-state index is 5.73. The number of rotatable bonds is 8. The molecule has 4 nitrogen and oxygen atoms in total. The summed E-state index contributed by atoms with van der Waals surface area (Å²) in [6, 6.07) is 5.95. The van der Waals surface area contributed by atoms with Gasteiger partial charge < -0.3 is 19.1 Å². The second-order valence-electron chi connectivity index (χ2n) is 6.16. The third-order valence-corrected chi connectivity index (χ3v) is 4.10. The molecule has 1 aliphatic heterocycles. The first-order valence-corrected chi connectivity index (χ1v) is 8.26. The van der Waals surface area contributed by atoms with E-state index in [1.165, 1.54) is 25.9 Å². The molecule has 1 aromatic carbocycles. The highest BCUT2D eigenvalue weighted by Gasteiger charge is 2.15. The van der Waals surface area contributed by atoms with Gasteiger partial charge in [0.05, 0.1) is 20.3 Å². The van der Waals surface area contributed by atoms with Crippen molar-refractivity contribution in [2.24, 2.45) is 5.92 Å². The molecule has 0 spiro atoms. The van der Waals surface area contributed by atoms with Crippen LogP contribution in [0.1, 0.15) is 25.3 Å². The molecule has 22 heavy (non-hydrogen) atoms. The number of piperidine rings is 1. The van der Waals surface area contributed by atoms with E-state index >= 15 is 0 Å². The number of benzene rings is 1. The fraction of sp³-hybridized carbons (Fsp3) is 0.667. The van der Waals surface area contributed by atoms with E-state index in [9.17, 15) is 0 Å². The largest absolute Gasteiger partial charge is 0.493 e. The summed E-state index contributed by atoms with van der Waals surface area (Å²) >= 11 is 0. The maximum atomic E-state index is 5.73. The molecule has 0 N–H and O–H groups in total. The molecule has 0 aliphatic carbocycles. The third kappa shape index (κ3) is 5.50. The summed E-state index contributed by atoms with van der Waals surface area (Å²) in [5.41, 5.74) is 1.16. The second-order valence-corrected chi connectivity index (χ2v) is 6.16. The Morgan fingerprint density at radius 3 is 2.82 bits per heavy atom. The van der Waals surface area contributed by atoms with Gasteiger partial charge in [0, 0.05) is 13.1 Å². The van der Waals surface area contributed by atoms with Gasteiger partial charge in [-0.3, -0.25) is 0 Å². The van der Waals surface area contributed by atoms with Gasteiger partial charge in [-0.15, -0.1) is 0 Å². The normalized spacial score (nSPS) is 19.1.